The number of hydrogen-bond donors (Lipinski definition) is 1. The lowest BCUT2D eigenvalue weighted by Gasteiger charge is -2.34. The summed E-state index contributed by atoms with van der Waals surface area (Å²) in [5, 5.41) is 3.29. The lowest BCUT2D eigenvalue weighted by molar-refractivity contribution is -0.140. The maximum Gasteiger partial charge on any atom is 0.244 e. The van der Waals surface area contributed by atoms with Crippen LogP contribution in [0.1, 0.15) is 37.0 Å². The standard InChI is InChI=1S/C30H35ClFN3O4S/c1-5-22(3)33-30(37)28(17-23-9-7-6-8-10-23)34(19-24-12-15-26(32)16-13-24)29(36)20-35(40(4,38)39)27-18-25(31)14-11-21(27)2/h6-16,18,22,28H,5,17,19-20H2,1-4H3,(H,33,37)/t22-,28-/m0/s1. The summed E-state index contributed by atoms with van der Waals surface area (Å²) >= 11 is 6.17. The van der Waals surface area contributed by atoms with E-state index in [1.807, 2.05) is 44.2 Å². The highest BCUT2D eigenvalue weighted by Crippen LogP contribution is 2.27. The van der Waals surface area contributed by atoms with Crippen LogP contribution in [0, 0.1) is 12.7 Å². The van der Waals surface area contributed by atoms with E-state index in [2.05, 4.69) is 5.32 Å². The molecule has 0 aliphatic rings. The maximum absolute atomic E-state index is 14.1. The molecule has 0 heterocycles. The van der Waals surface area contributed by atoms with Gasteiger partial charge in [0.1, 0.15) is 18.4 Å². The highest BCUT2D eigenvalue weighted by molar-refractivity contribution is 7.92. The number of carbonyl (C=O) groups excluding carboxylic acids is 2. The van der Waals surface area contributed by atoms with Crippen molar-refractivity contribution in [2.24, 2.45) is 0 Å². The molecular weight excluding hydrogens is 553 g/mol. The third-order valence-corrected chi connectivity index (χ3v) is 8.02. The van der Waals surface area contributed by atoms with Crippen molar-refractivity contribution in [1.82, 2.24) is 10.2 Å². The fourth-order valence-corrected chi connectivity index (χ4v) is 5.29. The van der Waals surface area contributed by atoms with Gasteiger partial charge in [-0.25, -0.2) is 12.8 Å². The number of aryl methyl sites for hydroxylation is 1. The first-order valence-electron chi connectivity index (χ1n) is 13.0. The first kappa shape index (κ1) is 31.1. The van der Waals surface area contributed by atoms with Gasteiger partial charge in [0, 0.05) is 24.0 Å². The molecule has 7 nitrogen and oxygen atoms in total. The molecule has 0 spiro atoms. The maximum atomic E-state index is 14.1. The lowest BCUT2D eigenvalue weighted by Crippen LogP contribution is -2.54. The Kier molecular flexibility index (Phi) is 10.7. The zero-order chi connectivity index (χ0) is 29.4. The van der Waals surface area contributed by atoms with E-state index in [0.717, 1.165) is 16.1 Å². The molecule has 1 N–H and O–H groups in total. The van der Waals surface area contributed by atoms with E-state index >= 15 is 0 Å². The van der Waals surface area contributed by atoms with Crippen LogP contribution in [-0.4, -0.2) is 50.0 Å². The molecule has 2 atom stereocenters. The summed E-state index contributed by atoms with van der Waals surface area (Å²) < 4.78 is 40.5. The van der Waals surface area contributed by atoms with Crippen molar-refractivity contribution >= 4 is 39.1 Å². The number of carbonyl (C=O) groups is 2. The topological polar surface area (TPSA) is 86.8 Å². The van der Waals surface area contributed by atoms with Crippen molar-refractivity contribution in [2.45, 2.75) is 52.2 Å². The fraction of sp³-hybridized carbons (Fsp3) is 0.333. The van der Waals surface area contributed by atoms with Gasteiger partial charge in [0.2, 0.25) is 21.8 Å². The Bertz CT molecular complexity index is 1420. The minimum Gasteiger partial charge on any atom is -0.352 e. The summed E-state index contributed by atoms with van der Waals surface area (Å²) in [5.74, 6) is -1.38. The smallest absolute Gasteiger partial charge is 0.244 e. The molecular formula is C30H35ClFN3O4S. The molecule has 3 aromatic rings. The number of anilines is 1. The molecule has 10 heteroatoms. The Morgan fingerprint density at radius 2 is 1.65 bits per heavy atom. The summed E-state index contributed by atoms with van der Waals surface area (Å²) in [4.78, 5) is 29.1. The van der Waals surface area contributed by atoms with Gasteiger partial charge < -0.3 is 10.2 Å². The molecule has 0 saturated heterocycles. The van der Waals surface area contributed by atoms with Gasteiger partial charge in [-0.3, -0.25) is 13.9 Å². The summed E-state index contributed by atoms with van der Waals surface area (Å²) in [5.41, 5.74) is 2.31. The third kappa shape index (κ3) is 8.53. The molecule has 0 aliphatic heterocycles. The summed E-state index contributed by atoms with van der Waals surface area (Å²) in [6.45, 7) is 4.95. The average molecular weight is 588 g/mol. The number of rotatable bonds is 12. The quantitative estimate of drug-likeness (QED) is 0.319. The molecule has 0 unspecified atom stereocenters. The molecule has 0 aromatic heterocycles. The van der Waals surface area contributed by atoms with E-state index in [4.69, 9.17) is 11.6 Å². The highest BCUT2D eigenvalue weighted by Gasteiger charge is 2.33. The number of nitrogens with zero attached hydrogens (tertiary/aromatic N) is 2. The molecule has 3 aromatic carbocycles. The molecule has 40 heavy (non-hydrogen) atoms. The van der Waals surface area contributed by atoms with Crippen LogP contribution in [0.15, 0.2) is 72.8 Å². The number of hydrogen-bond acceptors (Lipinski definition) is 4. The zero-order valence-corrected chi connectivity index (χ0v) is 24.7. The van der Waals surface area contributed by atoms with Crippen LogP contribution in [0.4, 0.5) is 10.1 Å². The van der Waals surface area contributed by atoms with Crippen LogP contribution >= 0.6 is 11.6 Å². The second-order valence-corrected chi connectivity index (χ2v) is 12.2. The molecule has 0 radical (unpaired) electrons. The van der Waals surface area contributed by atoms with E-state index in [-0.39, 0.29) is 30.6 Å². The van der Waals surface area contributed by atoms with Crippen LogP contribution in [0.25, 0.3) is 0 Å². The molecule has 2 amide bonds. The van der Waals surface area contributed by atoms with Crippen molar-refractivity contribution in [2.75, 3.05) is 17.1 Å². The van der Waals surface area contributed by atoms with Crippen molar-refractivity contribution in [3.8, 4) is 0 Å². The normalized spacial score (nSPS) is 12.8. The molecule has 0 saturated carbocycles. The van der Waals surface area contributed by atoms with Crippen LogP contribution < -0.4 is 9.62 Å². The van der Waals surface area contributed by atoms with Gasteiger partial charge in [-0.05, 0) is 61.2 Å². The largest absolute Gasteiger partial charge is 0.352 e. The van der Waals surface area contributed by atoms with Gasteiger partial charge in [-0.2, -0.15) is 0 Å². The van der Waals surface area contributed by atoms with Gasteiger partial charge in [-0.1, -0.05) is 67.1 Å². The fourth-order valence-electron chi connectivity index (χ4n) is 4.23. The summed E-state index contributed by atoms with van der Waals surface area (Å²) in [6.07, 6.45) is 1.90. The SMILES string of the molecule is CC[C@H](C)NC(=O)[C@H](Cc1ccccc1)N(Cc1ccc(F)cc1)C(=O)CN(c1cc(Cl)ccc1C)S(C)(=O)=O. The average Bonchev–Trinajstić information content (AvgIpc) is 2.91. The van der Waals surface area contributed by atoms with Gasteiger partial charge in [-0.15, -0.1) is 0 Å². The molecule has 0 aliphatic carbocycles. The van der Waals surface area contributed by atoms with Crippen LogP contribution in [0.3, 0.4) is 0 Å². The minimum absolute atomic E-state index is 0.0311. The van der Waals surface area contributed by atoms with E-state index < -0.39 is 34.3 Å². The van der Waals surface area contributed by atoms with Gasteiger partial charge in [0.15, 0.2) is 0 Å². The monoisotopic (exact) mass is 587 g/mol. The van der Waals surface area contributed by atoms with Crippen molar-refractivity contribution in [1.29, 1.82) is 0 Å². The predicted octanol–water partition coefficient (Wildman–Crippen LogP) is 5.11. The summed E-state index contributed by atoms with van der Waals surface area (Å²) in [6, 6.07) is 18.6. The Morgan fingerprint density at radius 3 is 2.25 bits per heavy atom. The summed E-state index contributed by atoms with van der Waals surface area (Å²) in [7, 11) is -3.92. The second kappa shape index (κ2) is 13.8. The predicted molar refractivity (Wildman–Crippen MR) is 157 cm³/mol. The van der Waals surface area contributed by atoms with E-state index in [1.54, 1.807) is 19.1 Å². The number of amides is 2. The molecule has 0 fully saturated rings. The third-order valence-electron chi connectivity index (χ3n) is 6.66. The van der Waals surface area contributed by atoms with E-state index in [0.29, 0.717) is 22.6 Å². The van der Waals surface area contributed by atoms with Crippen molar-refractivity contribution in [3.05, 3.63) is 100 Å². The molecule has 0 bridgehead atoms. The Balaban J connectivity index is 2.08. The van der Waals surface area contributed by atoms with Crippen molar-refractivity contribution in [3.63, 3.8) is 0 Å². The van der Waals surface area contributed by atoms with Crippen LogP contribution in [0.5, 0.6) is 0 Å². The molecule has 3 rings (SSSR count). The first-order chi connectivity index (χ1) is 18.9. The minimum atomic E-state index is -3.92. The number of benzene rings is 3. The van der Waals surface area contributed by atoms with Crippen molar-refractivity contribution < 1.29 is 22.4 Å². The first-order valence-corrected chi connectivity index (χ1v) is 15.2. The van der Waals surface area contributed by atoms with E-state index in [9.17, 15) is 22.4 Å². The van der Waals surface area contributed by atoms with E-state index in [1.165, 1.54) is 35.2 Å². The Morgan fingerprint density at radius 1 is 1.00 bits per heavy atom. The molecule has 214 valence electrons. The number of sulfonamides is 1. The van der Waals surface area contributed by atoms with Gasteiger partial charge >= 0.3 is 0 Å². The Hall–Kier alpha value is -3.43. The zero-order valence-electron chi connectivity index (χ0n) is 23.1. The highest BCUT2D eigenvalue weighted by atomic mass is 35.5. The van der Waals surface area contributed by atoms with Crippen LogP contribution in [-0.2, 0) is 32.6 Å². The number of halogens is 2. The van der Waals surface area contributed by atoms with Crippen LogP contribution in [0.2, 0.25) is 5.02 Å². The lowest BCUT2D eigenvalue weighted by atomic mass is 10.0. The number of nitrogens with one attached hydrogen (secondary N) is 1. The van der Waals surface area contributed by atoms with Gasteiger partial charge in [0.05, 0.1) is 11.9 Å². The Labute approximate surface area is 241 Å². The second-order valence-electron chi connectivity index (χ2n) is 9.87. The van der Waals surface area contributed by atoms with Gasteiger partial charge in [0.25, 0.3) is 0 Å².